The molecule has 0 fully saturated rings. The summed E-state index contributed by atoms with van der Waals surface area (Å²) in [4.78, 5) is 24.8. The van der Waals surface area contributed by atoms with E-state index in [2.05, 4.69) is 15.7 Å². The van der Waals surface area contributed by atoms with E-state index < -0.39 is 0 Å². The molecule has 0 radical (unpaired) electrons. The van der Waals surface area contributed by atoms with Crippen LogP contribution in [0.3, 0.4) is 0 Å². The van der Waals surface area contributed by atoms with Crippen molar-refractivity contribution in [2.75, 3.05) is 17.7 Å². The maximum atomic E-state index is 12.5. The molecule has 156 valence electrons. The first kappa shape index (κ1) is 20.2. The summed E-state index contributed by atoms with van der Waals surface area (Å²) in [5, 5.41) is 12.0. The molecule has 0 saturated heterocycles. The van der Waals surface area contributed by atoms with Crippen LogP contribution in [0, 0.1) is 0 Å². The minimum atomic E-state index is -0.220. The number of hydrogen-bond acceptors (Lipinski definition) is 4. The monoisotopic (exact) mass is 414 g/mol. The van der Waals surface area contributed by atoms with Crippen LogP contribution in [0.15, 0.2) is 79.1 Å². The zero-order chi connectivity index (χ0) is 21.6. The number of hydrogen-bond donors (Lipinski definition) is 2. The average Bonchev–Trinajstić information content (AvgIpc) is 3.20. The summed E-state index contributed by atoms with van der Waals surface area (Å²) in [5.74, 6) is 0.356. The molecule has 0 saturated carbocycles. The molecule has 1 heterocycles. The van der Waals surface area contributed by atoms with Gasteiger partial charge in [0.1, 0.15) is 12.3 Å². The Balaban J connectivity index is 1.33. The lowest BCUT2D eigenvalue weighted by Gasteiger charge is -2.07. The van der Waals surface area contributed by atoms with Gasteiger partial charge in [0, 0.05) is 11.9 Å². The van der Waals surface area contributed by atoms with E-state index in [-0.39, 0.29) is 24.8 Å². The van der Waals surface area contributed by atoms with Crippen molar-refractivity contribution in [1.29, 1.82) is 0 Å². The van der Waals surface area contributed by atoms with Crippen LogP contribution in [0.4, 0.5) is 11.4 Å². The fraction of sp³-hybridized carbons (Fsp3) is 0.125. The van der Waals surface area contributed by atoms with E-state index in [1.54, 1.807) is 37.6 Å². The molecule has 0 spiro atoms. The molecule has 3 aromatic carbocycles. The lowest BCUT2D eigenvalue weighted by Crippen LogP contribution is -2.19. The number of nitrogens with one attached hydrogen (secondary N) is 2. The predicted octanol–water partition coefficient (Wildman–Crippen LogP) is 3.86. The number of nitrogens with zero attached hydrogens (tertiary/aromatic N) is 2. The Kier molecular flexibility index (Phi) is 5.93. The second-order valence-electron chi connectivity index (χ2n) is 7.07. The largest absolute Gasteiger partial charge is 0.497 e. The first-order valence-corrected chi connectivity index (χ1v) is 9.83. The molecule has 7 heteroatoms. The predicted molar refractivity (Wildman–Crippen MR) is 120 cm³/mol. The van der Waals surface area contributed by atoms with Gasteiger partial charge in [0.25, 0.3) is 0 Å². The third-order valence-electron chi connectivity index (χ3n) is 4.83. The van der Waals surface area contributed by atoms with Gasteiger partial charge in [-0.1, -0.05) is 42.5 Å². The highest BCUT2D eigenvalue weighted by molar-refractivity contribution is 5.96. The van der Waals surface area contributed by atoms with Crippen LogP contribution in [0.1, 0.15) is 5.56 Å². The molecule has 0 aliphatic carbocycles. The maximum absolute atomic E-state index is 12.5. The topological polar surface area (TPSA) is 85.2 Å². The Morgan fingerprint density at radius 3 is 2.45 bits per heavy atom. The van der Waals surface area contributed by atoms with Gasteiger partial charge in [-0.05, 0) is 40.6 Å². The van der Waals surface area contributed by atoms with E-state index in [4.69, 9.17) is 4.74 Å². The smallest absolute Gasteiger partial charge is 0.246 e. The number of amides is 2. The third-order valence-corrected chi connectivity index (χ3v) is 4.83. The van der Waals surface area contributed by atoms with Crippen molar-refractivity contribution >= 4 is 34.0 Å². The highest BCUT2D eigenvalue weighted by atomic mass is 16.5. The number of anilines is 2. The SMILES string of the molecule is COc1ccc(NC(=O)Cn2cc(NC(=O)Cc3cccc4ccccc34)cn2)cc1. The first-order chi connectivity index (χ1) is 15.1. The van der Waals surface area contributed by atoms with Gasteiger partial charge in [0.15, 0.2) is 0 Å². The van der Waals surface area contributed by atoms with E-state index in [0.29, 0.717) is 17.1 Å². The van der Waals surface area contributed by atoms with Crippen molar-refractivity contribution < 1.29 is 14.3 Å². The van der Waals surface area contributed by atoms with Gasteiger partial charge in [-0.2, -0.15) is 5.10 Å². The molecular weight excluding hydrogens is 392 g/mol. The fourth-order valence-corrected chi connectivity index (χ4v) is 3.36. The Bertz CT molecular complexity index is 1210. The number of fused-ring (bicyclic) bond motifs is 1. The van der Waals surface area contributed by atoms with Gasteiger partial charge in [-0.15, -0.1) is 0 Å². The highest BCUT2D eigenvalue weighted by Gasteiger charge is 2.10. The van der Waals surface area contributed by atoms with Crippen molar-refractivity contribution in [1.82, 2.24) is 9.78 Å². The second-order valence-corrected chi connectivity index (χ2v) is 7.07. The Hall–Kier alpha value is -4.13. The van der Waals surface area contributed by atoms with Crippen LogP contribution < -0.4 is 15.4 Å². The number of methoxy groups -OCH3 is 1. The second kappa shape index (κ2) is 9.13. The number of carbonyl (C=O) groups is 2. The molecule has 31 heavy (non-hydrogen) atoms. The zero-order valence-electron chi connectivity index (χ0n) is 17.0. The summed E-state index contributed by atoms with van der Waals surface area (Å²) in [6.07, 6.45) is 3.42. The van der Waals surface area contributed by atoms with Gasteiger partial charge in [-0.3, -0.25) is 14.3 Å². The third kappa shape index (κ3) is 5.08. The van der Waals surface area contributed by atoms with Gasteiger partial charge in [0.05, 0.1) is 25.4 Å². The maximum Gasteiger partial charge on any atom is 0.246 e. The molecule has 4 aromatic rings. The highest BCUT2D eigenvalue weighted by Crippen LogP contribution is 2.19. The number of rotatable bonds is 7. The first-order valence-electron chi connectivity index (χ1n) is 9.83. The van der Waals surface area contributed by atoms with Crippen LogP contribution >= 0.6 is 0 Å². The molecule has 2 amide bonds. The molecule has 0 atom stereocenters. The molecule has 0 bridgehead atoms. The molecule has 0 aliphatic heterocycles. The molecule has 1 aromatic heterocycles. The summed E-state index contributed by atoms with van der Waals surface area (Å²) in [6.45, 7) is 0.0330. The van der Waals surface area contributed by atoms with Crippen molar-refractivity contribution in [2.24, 2.45) is 0 Å². The summed E-state index contributed by atoms with van der Waals surface area (Å²) >= 11 is 0. The number of benzene rings is 3. The van der Waals surface area contributed by atoms with Gasteiger partial charge in [0.2, 0.25) is 11.8 Å². The van der Waals surface area contributed by atoms with Crippen molar-refractivity contribution in [3.05, 3.63) is 84.7 Å². The van der Waals surface area contributed by atoms with E-state index >= 15 is 0 Å². The lowest BCUT2D eigenvalue weighted by molar-refractivity contribution is -0.117. The Morgan fingerprint density at radius 2 is 1.65 bits per heavy atom. The minimum Gasteiger partial charge on any atom is -0.497 e. The fourth-order valence-electron chi connectivity index (χ4n) is 3.36. The summed E-state index contributed by atoms with van der Waals surface area (Å²) in [7, 11) is 1.59. The van der Waals surface area contributed by atoms with E-state index in [1.165, 1.54) is 10.9 Å². The molecular formula is C24H22N4O3. The van der Waals surface area contributed by atoms with Crippen molar-refractivity contribution in [2.45, 2.75) is 13.0 Å². The standard InChI is InChI=1S/C24H22N4O3/c1-31-21-11-9-19(10-12-21)26-24(30)16-28-15-20(14-25-28)27-23(29)13-18-7-4-6-17-5-2-3-8-22(17)18/h2-12,14-15H,13,16H2,1H3,(H,26,30)(H,27,29). The van der Waals surface area contributed by atoms with Gasteiger partial charge in [-0.25, -0.2) is 0 Å². The van der Waals surface area contributed by atoms with Crippen molar-refractivity contribution in [3.63, 3.8) is 0 Å². The molecule has 2 N–H and O–H groups in total. The molecule has 4 rings (SSSR count). The van der Waals surface area contributed by atoms with Crippen LogP contribution in [0.2, 0.25) is 0 Å². The molecule has 7 nitrogen and oxygen atoms in total. The summed E-state index contributed by atoms with van der Waals surface area (Å²) in [6, 6.07) is 21.0. The summed E-state index contributed by atoms with van der Waals surface area (Å²) in [5.41, 5.74) is 2.17. The minimum absolute atomic E-state index is 0.0330. The van der Waals surface area contributed by atoms with E-state index in [1.807, 2.05) is 42.5 Å². The van der Waals surface area contributed by atoms with Crippen LogP contribution in [-0.2, 0) is 22.6 Å². The Labute approximate surface area is 179 Å². The molecule has 0 aliphatic rings. The quantitative estimate of drug-likeness (QED) is 0.481. The van der Waals surface area contributed by atoms with Crippen LogP contribution in [-0.4, -0.2) is 28.7 Å². The lowest BCUT2D eigenvalue weighted by atomic mass is 10.0. The zero-order valence-corrected chi connectivity index (χ0v) is 17.0. The number of carbonyl (C=O) groups excluding carboxylic acids is 2. The van der Waals surface area contributed by atoms with Gasteiger partial charge >= 0.3 is 0 Å². The van der Waals surface area contributed by atoms with Gasteiger partial charge < -0.3 is 15.4 Å². The average molecular weight is 414 g/mol. The van der Waals surface area contributed by atoms with Crippen molar-refractivity contribution in [3.8, 4) is 5.75 Å². The van der Waals surface area contributed by atoms with E-state index in [0.717, 1.165) is 16.3 Å². The summed E-state index contributed by atoms with van der Waals surface area (Å²) < 4.78 is 6.58. The van der Waals surface area contributed by atoms with Crippen LogP contribution in [0.5, 0.6) is 5.75 Å². The normalized spacial score (nSPS) is 10.6. The Morgan fingerprint density at radius 1 is 0.903 bits per heavy atom. The van der Waals surface area contributed by atoms with Crippen LogP contribution in [0.25, 0.3) is 10.8 Å². The number of aromatic nitrogens is 2. The molecule has 0 unspecified atom stereocenters. The number of ether oxygens (including phenoxy) is 1. The van der Waals surface area contributed by atoms with E-state index in [9.17, 15) is 9.59 Å².